The average Bonchev–Trinajstić information content (AvgIpc) is 2.39. The van der Waals surface area contributed by atoms with Gasteiger partial charge in [-0.25, -0.2) is 4.39 Å². The molecule has 0 spiro atoms. The van der Waals surface area contributed by atoms with Gasteiger partial charge in [0.25, 0.3) is 0 Å². The molecule has 0 aromatic heterocycles. The van der Waals surface area contributed by atoms with E-state index < -0.39 is 0 Å². The lowest BCUT2D eigenvalue weighted by atomic mass is 10.0. The Morgan fingerprint density at radius 2 is 1.90 bits per heavy atom. The molecule has 1 nitrogen and oxygen atoms in total. The third kappa shape index (κ3) is 3.44. The minimum atomic E-state index is -0.256. The largest absolute Gasteiger partial charge is 0.376 e. The van der Waals surface area contributed by atoms with Crippen LogP contribution in [0.5, 0.6) is 0 Å². The molecule has 0 amide bonds. The van der Waals surface area contributed by atoms with Crippen LogP contribution < -0.4 is 5.32 Å². The summed E-state index contributed by atoms with van der Waals surface area (Å²) in [5, 5.41) is 4.38. The van der Waals surface area contributed by atoms with Gasteiger partial charge in [-0.15, -0.1) is 0 Å². The molecule has 0 aliphatic heterocycles. The molecular weight excluding hydrogens is 296 g/mol. The van der Waals surface area contributed by atoms with Crippen molar-refractivity contribution < 1.29 is 4.39 Å². The van der Waals surface area contributed by atoms with Crippen LogP contribution in [0.3, 0.4) is 0 Å². The Balaban J connectivity index is 2.28. The van der Waals surface area contributed by atoms with Gasteiger partial charge in [0, 0.05) is 10.0 Å². The maximum atomic E-state index is 13.9. The SMILES string of the molecule is CCC(Nc1ccc(C)cc1F)c1ccc(Cl)cc1Cl. The van der Waals surface area contributed by atoms with Gasteiger partial charge in [-0.05, 0) is 48.7 Å². The van der Waals surface area contributed by atoms with E-state index in [1.54, 1.807) is 18.2 Å². The molecule has 2 aromatic rings. The Labute approximate surface area is 128 Å². The Morgan fingerprint density at radius 3 is 2.50 bits per heavy atom. The van der Waals surface area contributed by atoms with E-state index in [1.807, 2.05) is 26.0 Å². The Hall–Kier alpha value is -1.25. The van der Waals surface area contributed by atoms with Gasteiger partial charge < -0.3 is 5.32 Å². The molecule has 1 unspecified atom stereocenters. The van der Waals surface area contributed by atoms with Crippen molar-refractivity contribution in [3.05, 3.63) is 63.4 Å². The lowest BCUT2D eigenvalue weighted by molar-refractivity contribution is 0.622. The fraction of sp³-hybridized carbons (Fsp3) is 0.250. The minimum absolute atomic E-state index is 0.0584. The number of rotatable bonds is 4. The van der Waals surface area contributed by atoms with Crippen LogP contribution in [0.15, 0.2) is 36.4 Å². The van der Waals surface area contributed by atoms with Gasteiger partial charge in [-0.2, -0.15) is 0 Å². The van der Waals surface area contributed by atoms with Crippen molar-refractivity contribution in [2.75, 3.05) is 5.32 Å². The summed E-state index contributed by atoms with van der Waals surface area (Å²) in [5.41, 5.74) is 2.29. The molecule has 4 heteroatoms. The van der Waals surface area contributed by atoms with E-state index in [-0.39, 0.29) is 11.9 Å². The third-order valence-electron chi connectivity index (χ3n) is 3.20. The summed E-state index contributed by atoms with van der Waals surface area (Å²) < 4.78 is 13.9. The van der Waals surface area contributed by atoms with Gasteiger partial charge in [0.2, 0.25) is 0 Å². The van der Waals surface area contributed by atoms with Crippen molar-refractivity contribution in [2.24, 2.45) is 0 Å². The van der Waals surface area contributed by atoms with Crippen LogP contribution in [0.2, 0.25) is 10.0 Å². The first-order chi connectivity index (χ1) is 9.51. The molecule has 0 saturated heterocycles. The Kier molecular flexibility index (Phi) is 4.90. The van der Waals surface area contributed by atoms with Crippen LogP contribution >= 0.6 is 23.2 Å². The molecule has 0 radical (unpaired) electrons. The highest BCUT2D eigenvalue weighted by Crippen LogP contribution is 2.31. The molecule has 0 heterocycles. The van der Waals surface area contributed by atoms with Crippen LogP contribution in [-0.2, 0) is 0 Å². The highest BCUT2D eigenvalue weighted by Gasteiger charge is 2.15. The molecule has 2 aromatic carbocycles. The first-order valence-corrected chi connectivity index (χ1v) is 7.24. The standard InChI is InChI=1S/C16H16Cl2FN/c1-3-15(12-6-5-11(17)9-13(12)18)20-16-7-4-10(2)8-14(16)19/h4-9,15,20H,3H2,1-2H3. The molecule has 0 fully saturated rings. The second kappa shape index (κ2) is 6.47. The van der Waals surface area contributed by atoms with Crippen molar-refractivity contribution in [1.82, 2.24) is 0 Å². The molecule has 2 rings (SSSR count). The van der Waals surface area contributed by atoms with Crippen LogP contribution in [0.4, 0.5) is 10.1 Å². The number of aryl methyl sites for hydroxylation is 1. The number of nitrogens with one attached hydrogen (secondary N) is 1. The van der Waals surface area contributed by atoms with Crippen molar-refractivity contribution in [2.45, 2.75) is 26.3 Å². The molecule has 20 heavy (non-hydrogen) atoms. The Bertz CT molecular complexity index is 613. The normalized spacial score (nSPS) is 12.2. The maximum absolute atomic E-state index is 13.9. The number of hydrogen-bond acceptors (Lipinski definition) is 1. The summed E-state index contributed by atoms with van der Waals surface area (Å²) in [6, 6.07) is 10.4. The van der Waals surface area contributed by atoms with Crippen LogP contribution in [0.1, 0.15) is 30.5 Å². The molecule has 0 bridgehead atoms. The minimum Gasteiger partial charge on any atom is -0.376 e. The summed E-state index contributed by atoms with van der Waals surface area (Å²) in [6.45, 7) is 3.88. The highest BCUT2D eigenvalue weighted by atomic mass is 35.5. The van der Waals surface area contributed by atoms with E-state index in [2.05, 4.69) is 5.32 Å². The van der Waals surface area contributed by atoms with Crippen molar-refractivity contribution >= 4 is 28.9 Å². The lowest BCUT2D eigenvalue weighted by Crippen LogP contribution is -2.11. The molecule has 0 aliphatic carbocycles. The predicted molar refractivity (Wildman–Crippen MR) is 84.3 cm³/mol. The monoisotopic (exact) mass is 311 g/mol. The van der Waals surface area contributed by atoms with E-state index in [4.69, 9.17) is 23.2 Å². The van der Waals surface area contributed by atoms with Gasteiger partial charge in [-0.1, -0.05) is 42.3 Å². The summed E-state index contributed by atoms with van der Waals surface area (Å²) in [7, 11) is 0. The van der Waals surface area contributed by atoms with Gasteiger partial charge in [0.1, 0.15) is 5.82 Å². The maximum Gasteiger partial charge on any atom is 0.146 e. The molecular formula is C16H16Cl2FN. The van der Waals surface area contributed by atoms with E-state index in [9.17, 15) is 4.39 Å². The third-order valence-corrected chi connectivity index (χ3v) is 3.76. The fourth-order valence-electron chi connectivity index (χ4n) is 2.11. The summed E-state index contributed by atoms with van der Waals surface area (Å²) >= 11 is 12.1. The van der Waals surface area contributed by atoms with E-state index in [0.29, 0.717) is 15.7 Å². The van der Waals surface area contributed by atoms with Gasteiger partial charge in [0.05, 0.1) is 11.7 Å². The summed E-state index contributed by atoms with van der Waals surface area (Å²) in [6.07, 6.45) is 0.786. The summed E-state index contributed by atoms with van der Waals surface area (Å²) in [5.74, 6) is -0.256. The van der Waals surface area contributed by atoms with Crippen LogP contribution in [0, 0.1) is 12.7 Å². The number of hydrogen-bond donors (Lipinski definition) is 1. The van der Waals surface area contributed by atoms with Crippen molar-refractivity contribution in [1.29, 1.82) is 0 Å². The highest BCUT2D eigenvalue weighted by molar-refractivity contribution is 6.35. The van der Waals surface area contributed by atoms with Gasteiger partial charge >= 0.3 is 0 Å². The molecule has 1 atom stereocenters. The van der Waals surface area contributed by atoms with E-state index in [0.717, 1.165) is 17.5 Å². The van der Waals surface area contributed by atoms with Crippen molar-refractivity contribution in [3.8, 4) is 0 Å². The van der Waals surface area contributed by atoms with Crippen LogP contribution in [0.25, 0.3) is 0 Å². The lowest BCUT2D eigenvalue weighted by Gasteiger charge is -2.20. The predicted octanol–water partition coefficient (Wildman–Crippen LogP) is 6.00. The van der Waals surface area contributed by atoms with E-state index >= 15 is 0 Å². The molecule has 0 saturated carbocycles. The smallest absolute Gasteiger partial charge is 0.146 e. The summed E-state index contributed by atoms with van der Waals surface area (Å²) in [4.78, 5) is 0. The van der Waals surface area contributed by atoms with Gasteiger partial charge in [0.15, 0.2) is 0 Å². The fourth-order valence-corrected chi connectivity index (χ4v) is 2.65. The molecule has 106 valence electrons. The quantitative estimate of drug-likeness (QED) is 0.729. The number of benzene rings is 2. The number of anilines is 1. The number of halogens is 3. The van der Waals surface area contributed by atoms with Crippen LogP contribution in [-0.4, -0.2) is 0 Å². The Morgan fingerprint density at radius 1 is 1.15 bits per heavy atom. The average molecular weight is 312 g/mol. The molecule has 0 aliphatic rings. The zero-order chi connectivity index (χ0) is 14.7. The first kappa shape index (κ1) is 15.1. The topological polar surface area (TPSA) is 12.0 Å². The van der Waals surface area contributed by atoms with Crippen molar-refractivity contribution in [3.63, 3.8) is 0 Å². The molecule has 1 N–H and O–H groups in total. The second-order valence-electron chi connectivity index (χ2n) is 4.75. The second-order valence-corrected chi connectivity index (χ2v) is 5.60. The zero-order valence-electron chi connectivity index (χ0n) is 11.4. The van der Waals surface area contributed by atoms with Gasteiger partial charge in [-0.3, -0.25) is 0 Å². The zero-order valence-corrected chi connectivity index (χ0v) is 12.9. The first-order valence-electron chi connectivity index (χ1n) is 6.49. The van der Waals surface area contributed by atoms with E-state index in [1.165, 1.54) is 6.07 Å².